The molecule has 8 bridgehead atoms. The zero-order chi connectivity index (χ0) is 27.1. The first kappa shape index (κ1) is 24.4. The van der Waals surface area contributed by atoms with Crippen LogP contribution in [0.4, 0.5) is 5.69 Å². The van der Waals surface area contributed by atoms with Crippen LogP contribution in [-0.4, -0.2) is 58.7 Å². The molecule has 0 atom stereocenters. The van der Waals surface area contributed by atoms with Crippen molar-refractivity contribution in [3.63, 3.8) is 0 Å². The molecular formula is C32H20LiN9. The summed E-state index contributed by atoms with van der Waals surface area (Å²) in [4.78, 5) is 36.7. The molecule has 42 heavy (non-hydrogen) atoms. The van der Waals surface area contributed by atoms with Gasteiger partial charge in [0.25, 0.3) is 0 Å². The Hall–Kier alpha value is -5.36. The molecule has 0 saturated heterocycles. The van der Waals surface area contributed by atoms with Crippen LogP contribution < -0.4 is 5.73 Å². The van der Waals surface area contributed by atoms with Gasteiger partial charge in [0.1, 0.15) is 22.6 Å². The maximum atomic E-state index is 6.49. The number of nitrogens with one attached hydrogen (secondary N) is 2. The normalized spacial score (nSPS) is 11.7. The number of rotatable bonds is 0. The average molecular weight is 538 g/mol. The molecule has 0 radical (unpaired) electrons. The summed E-state index contributed by atoms with van der Waals surface area (Å²) in [6.45, 7) is 0. The van der Waals surface area contributed by atoms with E-state index in [4.69, 9.17) is 35.6 Å². The molecule has 4 aromatic carbocycles. The van der Waals surface area contributed by atoms with Crippen molar-refractivity contribution in [3.8, 4) is 45.6 Å². The van der Waals surface area contributed by atoms with Crippen LogP contribution in [0.1, 0.15) is 0 Å². The Morgan fingerprint density at radius 2 is 0.786 bits per heavy atom. The summed E-state index contributed by atoms with van der Waals surface area (Å²) >= 11 is 0. The number of nitrogens with zero attached hydrogens (tertiary/aromatic N) is 6. The topological polar surface area (TPSA) is 135 Å². The second kappa shape index (κ2) is 9.08. The molecule has 0 saturated carbocycles. The van der Waals surface area contributed by atoms with Crippen molar-refractivity contribution in [1.82, 2.24) is 39.9 Å². The van der Waals surface area contributed by atoms with E-state index in [0.29, 0.717) is 51.6 Å². The van der Waals surface area contributed by atoms with E-state index in [2.05, 4.69) is 9.97 Å². The van der Waals surface area contributed by atoms with Gasteiger partial charge >= 0.3 is 18.9 Å². The number of nitrogen functional groups attached to an aromatic ring is 1. The van der Waals surface area contributed by atoms with Crippen molar-refractivity contribution in [3.05, 3.63) is 91.0 Å². The van der Waals surface area contributed by atoms with Gasteiger partial charge in [-0.05, 0) is 6.07 Å². The monoisotopic (exact) mass is 537 g/mol. The number of aromatic amines is 2. The fraction of sp³-hybridized carbons (Fsp3) is 0. The van der Waals surface area contributed by atoms with Crippen LogP contribution >= 0.6 is 0 Å². The Balaban J connectivity index is 0.00000267. The van der Waals surface area contributed by atoms with Crippen molar-refractivity contribution in [2.45, 2.75) is 0 Å². The Morgan fingerprint density at radius 1 is 0.405 bits per heavy atom. The van der Waals surface area contributed by atoms with Crippen LogP contribution in [0.25, 0.3) is 89.7 Å². The van der Waals surface area contributed by atoms with E-state index in [0.717, 1.165) is 43.8 Å². The molecule has 9 nitrogen and oxygen atoms in total. The average Bonchev–Trinajstić information content (AvgIpc) is 3.73. The third-order valence-electron chi connectivity index (χ3n) is 7.61. The number of hydrogen-bond donors (Lipinski definition) is 3. The van der Waals surface area contributed by atoms with Gasteiger partial charge in [-0.2, -0.15) is 0 Å². The first-order valence-electron chi connectivity index (χ1n) is 13.2. The molecule has 2 aliphatic heterocycles. The predicted octanol–water partition coefficient (Wildman–Crippen LogP) is 5.80. The van der Waals surface area contributed by atoms with Crippen molar-refractivity contribution in [2.75, 3.05) is 5.73 Å². The molecule has 0 spiro atoms. The minimum absolute atomic E-state index is 0. The van der Waals surface area contributed by atoms with Crippen LogP contribution in [0.15, 0.2) is 91.0 Å². The van der Waals surface area contributed by atoms with Gasteiger partial charge in [0.15, 0.2) is 23.3 Å². The third kappa shape index (κ3) is 3.51. The summed E-state index contributed by atoms with van der Waals surface area (Å²) in [5, 5.41) is 3.51. The molecule has 0 amide bonds. The number of anilines is 1. The first-order valence-corrected chi connectivity index (χ1v) is 13.2. The molecule has 0 unspecified atom stereocenters. The molecular weight excluding hydrogens is 517 g/mol. The van der Waals surface area contributed by atoms with E-state index in [1.54, 1.807) is 0 Å². The van der Waals surface area contributed by atoms with E-state index >= 15 is 0 Å². The van der Waals surface area contributed by atoms with Crippen LogP contribution in [0.2, 0.25) is 0 Å². The molecule has 7 aromatic rings. The summed E-state index contributed by atoms with van der Waals surface area (Å²) in [6, 6.07) is 29.7. The van der Waals surface area contributed by atoms with Gasteiger partial charge in [0, 0.05) is 44.1 Å². The summed E-state index contributed by atoms with van der Waals surface area (Å²) < 4.78 is 0. The van der Waals surface area contributed by atoms with Crippen molar-refractivity contribution < 1.29 is 0 Å². The minimum atomic E-state index is 0. The van der Waals surface area contributed by atoms with Gasteiger partial charge in [0.05, 0.1) is 5.39 Å². The third-order valence-corrected chi connectivity index (χ3v) is 7.61. The number of benzene rings is 4. The SMILES string of the molecule is Nc1cccc2c3nc4nc(nc5[nH]c(nc6nc(nc([nH]3)c12)-c1ccccc1-6)c1ccccc51)-c1ccccc1-4.[LiH]. The molecule has 3 aromatic heterocycles. The number of fused-ring (bicyclic) bond motifs is 20. The van der Waals surface area contributed by atoms with Gasteiger partial charge in [-0.3, -0.25) is 0 Å². The number of hydrogen-bond acceptors (Lipinski definition) is 7. The van der Waals surface area contributed by atoms with E-state index in [1.165, 1.54) is 0 Å². The summed E-state index contributed by atoms with van der Waals surface area (Å²) in [6.07, 6.45) is 0. The zero-order valence-electron chi connectivity index (χ0n) is 21.4. The predicted molar refractivity (Wildman–Crippen MR) is 168 cm³/mol. The van der Waals surface area contributed by atoms with E-state index < -0.39 is 0 Å². The van der Waals surface area contributed by atoms with E-state index in [1.807, 2.05) is 91.0 Å². The maximum absolute atomic E-state index is 6.49. The second-order valence-electron chi connectivity index (χ2n) is 10.0. The number of aromatic nitrogens is 8. The van der Waals surface area contributed by atoms with E-state index in [9.17, 15) is 0 Å². The molecule has 2 aliphatic rings. The Morgan fingerprint density at radius 3 is 1.29 bits per heavy atom. The number of nitrogens with two attached hydrogens (primary N) is 1. The molecule has 0 aliphatic carbocycles. The molecule has 194 valence electrons. The van der Waals surface area contributed by atoms with Gasteiger partial charge in [0.2, 0.25) is 0 Å². The van der Waals surface area contributed by atoms with Crippen LogP contribution in [-0.2, 0) is 0 Å². The van der Waals surface area contributed by atoms with Crippen LogP contribution in [0.3, 0.4) is 0 Å². The molecule has 4 N–H and O–H groups in total. The quantitative estimate of drug-likeness (QED) is 0.164. The summed E-state index contributed by atoms with van der Waals surface area (Å²) in [5.74, 6) is 2.25. The molecule has 10 heteroatoms. The Bertz CT molecular complexity index is 2400. The zero-order valence-corrected chi connectivity index (χ0v) is 21.4. The first-order chi connectivity index (χ1) is 20.2. The van der Waals surface area contributed by atoms with Crippen LogP contribution in [0.5, 0.6) is 0 Å². The second-order valence-corrected chi connectivity index (χ2v) is 10.0. The molecule has 9 rings (SSSR count). The van der Waals surface area contributed by atoms with Crippen molar-refractivity contribution >= 4 is 68.7 Å². The molecule has 5 heterocycles. The number of H-pyrrole nitrogens is 2. The fourth-order valence-electron chi connectivity index (χ4n) is 5.72. The standard InChI is InChI=1S/C32H19N9.Li.H/c33-23-15-7-14-22-24(23)32-40-30-21-13-6-5-12-20(21)28(38-30)36-26-17-9-2-1-8-16(17)25(34-26)35-27-18-10-3-4-11-19(18)29(37-27)39-31(22)41-32;;/h1-15H,33H2,(H2,34,35,36,37,38,39,40,41);;. The van der Waals surface area contributed by atoms with Gasteiger partial charge < -0.3 is 15.7 Å². The Kier molecular flexibility index (Phi) is 5.28. The van der Waals surface area contributed by atoms with Gasteiger partial charge in [-0.15, -0.1) is 0 Å². The Labute approximate surface area is 250 Å². The van der Waals surface area contributed by atoms with Gasteiger partial charge in [-0.1, -0.05) is 84.9 Å². The van der Waals surface area contributed by atoms with Crippen molar-refractivity contribution in [1.29, 1.82) is 0 Å². The fourth-order valence-corrected chi connectivity index (χ4v) is 5.72. The van der Waals surface area contributed by atoms with Crippen molar-refractivity contribution in [2.24, 2.45) is 0 Å². The van der Waals surface area contributed by atoms with E-state index in [-0.39, 0.29) is 18.9 Å². The summed E-state index contributed by atoms with van der Waals surface area (Å²) in [5.41, 5.74) is 13.2. The van der Waals surface area contributed by atoms with Gasteiger partial charge in [-0.25, -0.2) is 29.9 Å². The summed E-state index contributed by atoms with van der Waals surface area (Å²) in [7, 11) is 0. The van der Waals surface area contributed by atoms with Crippen LogP contribution in [0, 0.1) is 0 Å². The molecule has 0 fully saturated rings.